The van der Waals surface area contributed by atoms with E-state index < -0.39 is 23.9 Å². The molecular formula is C14H19ClO. The van der Waals surface area contributed by atoms with E-state index in [4.69, 9.17) is 17.1 Å². The number of Topliss-reactive ketones (excluding diaryl/α,β-unsaturated/α-hetero) is 1. The zero-order valence-electron chi connectivity index (χ0n) is 13.8. The van der Waals surface area contributed by atoms with Crippen LogP contribution in [0.25, 0.3) is 0 Å². The smallest absolute Gasteiger partial charge is 0.165 e. The molecule has 0 fully saturated rings. The topological polar surface area (TPSA) is 17.1 Å². The average Bonchev–Trinajstić information content (AvgIpc) is 2.25. The van der Waals surface area contributed by atoms with Crippen molar-refractivity contribution in [2.24, 2.45) is 11.3 Å². The van der Waals surface area contributed by atoms with Crippen molar-refractivity contribution >= 4 is 17.4 Å². The summed E-state index contributed by atoms with van der Waals surface area (Å²) >= 11 is 5.84. The van der Waals surface area contributed by atoms with E-state index in [-0.39, 0.29) is 6.42 Å². The minimum absolute atomic E-state index is 0.0537. The first-order valence-corrected chi connectivity index (χ1v) is 5.55. The fourth-order valence-electron chi connectivity index (χ4n) is 1.62. The Morgan fingerprint density at radius 2 is 2.31 bits per heavy atom. The first kappa shape index (κ1) is 8.30. The molecular weight excluding hydrogens is 220 g/mol. The molecule has 0 saturated carbocycles. The Hall–Kier alpha value is -0.820. The van der Waals surface area contributed by atoms with Crippen LogP contribution in [0.1, 0.15) is 49.9 Å². The normalized spacial score (nSPS) is 20.0. The van der Waals surface area contributed by atoms with Gasteiger partial charge >= 0.3 is 0 Å². The van der Waals surface area contributed by atoms with Gasteiger partial charge in [0.25, 0.3) is 0 Å². The van der Waals surface area contributed by atoms with Crippen LogP contribution in [0, 0.1) is 11.3 Å². The Labute approximate surface area is 108 Å². The molecule has 0 aliphatic carbocycles. The summed E-state index contributed by atoms with van der Waals surface area (Å²) in [4.78, 5) is 12.4. The van der Waals surface area contributed by atoms with Crippen LogP contribution in [0.2, 0.25) is 5.02 Å². The molecule has 0 aromatic heterocycles. The summed E-state index contributed by atoms with van der Waals surface area (Å²) in [5.74, 6) is -1.93. The molecule has 0 bridgehead atoms. The maximum atomic E-state index is 12.4. The second kappa shape index (κ2) is 5.01. The fourth-order valence-corrected chi connectivity index (χ4v) is 1.81. The average molecular weight is 243 g/mol. The lowest BCUT2D eigenvalue weighted by atomic mass is 9.82. The Bertz CT molecular complexity index is 506. The van der Waals surface area contributed by atoms with Gasteiger partial charge in [0.2, 0.25) is 0 Å². The van der Waals surface area contributed by atoms with Crippen LogP contribution in [0.4, 0.5) is 0 Å². The van der Waals surface area contributed by atoms with Gasteiger partial charge in [-0.2, -0.15) is 0 Å². The van der Waals surface area contributed by atoms with Crippen molar-refractivity contribution in [2.75, 3.05) is 0 Å². The predicted molar refractivity (Wildman–Crippen MR) is 69.0 cm³/mol. The summed E-state index contributed by atoms with van der Waals surface area (Å²) < 4.78 is 30.8. The minimum Gasteiger partial charge on any atom is -0.294 e. The van der Waals surface area contributed by atoms with Gasteiger partial charge in [-0.15, -0.1) is 0 Å². The molecule has 1 aromatic rings. The monoisotopic (exact) mass is 242 g/mol. The summed E-state index contributed by atoms with van der Waals surface area (Å²) in [5.41, 5.74) is -0.783. The molecule has 0 aliphatic rings. The second-order valence-electron chi connectivity index (χ2n) is 4.68. The molecule has 88 valence electrons. The molecule has 1 atom stereocenters. The number of ketones is 1. The maximum absolute atomic E-state index is 12.4. The number of hydrogen-bond donors (Lipinski definition) is 0. The van der Waals surface area contributed by atoms with Crippen LogP contribution >= 0.6 is 11.6 Å². The molecule has 0 aliphatic heterocycles. The Morgan fingerprint density at radius 3 is 2.88 bits per heavy atom. The molecule has 0 heterocycles. The van der Waals surface area contributed by atoms with Gasteiger partial charge in [0.15, 0.2) is 5.78 Å². The van der Waals surface area contributed by atoms with Crippen LogP contribution in [-0.4, -0.2) is 5.78 Å². The first-order chi connectivity index (χ1) is 8.87. The lowest BCUT2D eigenvalue weighted by Crippen LogP contribution is -2.18. The van der Waals surface area contributed by atoms with E-state index >= 15 is 0 Å². The van der Waals surface area contributed by atoms with Gasteiger partial charge in [-0.3, -0.25) is 4.79 Å². The summed E-state index contributed by atoms with van der Waals surface area (Å²) in [6, 6.07) is 6.37. The zero-order valence-corrected chi connectivity index (χ0v) is 10.6. The highest BCUT2D eigenvalue weighted by atomic mass is 35.5. The van der Waals surface area contributed by atoms with Crippen molar-refractivity contribution in [2.45, 2.75) is 34.0 Å². The first-order valence-electron chi connectivity index (χ1n) is 7.17. The summed E-state index contributed by atoms with van der Waals surface area (Å²) in [6.45, 7) is 2.34. The van der Waals surface area contributed by atoms with Crippen LogP contribution < -0.4 is 0 Å². The lowest BCUT2D eigenvalue weighted by molar-refractivity contribution is 0.0897. The highest BCUT2D eigenvalue weighted by Gasteiger charge is 2.21. The highest BCUT2D eigenvalue weighted by molar-refractivity contribution is 6.31. The maximum Gasteiger partial charge on any atom is 0.165 e. The Kier molecular flexibility index (Phi) is 2.60. The quantitative estimate of drug-likeness (QED) is 0.709. The van der Waals surface area contributed by atoms with Crippen molar-refractivity contribution in [1.29, 1.82) is 0 Å². The number of rotatable bonds is 3. The Balaban J connectivity index is 3.02. The number of halogens is 1. The van der Waals surface area contributed by atoms with Gasteiger partial charge < -0.3 is 0 Å². The Morgan fingerprint density at radius 1 is 1.62 bits per heavy atom. The van der Waals surface area contributed by atoms with Crippen molar-refractivity contribution < 1.29 is 10.3 Å². The van der Waals surface area contributed by atoms with Crippen molar-refractivity contribution in [1.82, 2.24) is 0 Å². The van der Waals surface area contributed by atoms with Gasteiger partial charge in [-0.25, -0.2) is 0 Å². The van der Waals surface area contributed by atoms with E-state index in [9.17, 15) is 4.79 Å². The lowest BCUT2D eigenvalue weighted by Gasteiger charge is -2.22. The van der Waals surface area contributed by atoms with E-state index in [1.54, 1.807) is 32.0 Å². The van der Waals surface area contributed by atoms with E-state index in [0.29, 0.717) is 10.6 Å². The van der Waals surface area contributed by atoms with E-state index in [2.05, 4.69) is 0 Å². The van der Waals surface area contributed by atoms with E-state index in [1.165, 1.54) is 13.0 Å². The number of carbonyl (C=O) groups is 1. The van der Waals surface area contributed by atoms with Gasteiger partial charge in [0.05, 0.1) is 0 Å². The van der Waals surface area contributed by atoms with Crippen LogP contribution in [0.5, 0.6) is 0 Å². The third-order valence-corrected chi connectivity index (χ3v) is 2.42. The number of carbonyl (C=O) groups excluding carboxylic acids is 1. The van der Waals surface area contributed by atoms with Crippen molar-refractivity contribution in [3.8, 4) is 0 Å². The summed E-state index contributed by atoms with van der Waals surface area (Å²) in [7, 11) is 0. The van der Waals surface area contributed by atoms with Crippen molar-refractivity contribution in [3.05, 3.63) is 34.9 Å². The molecule has 16 heavy (non-hydrogen) atoms. The van der Waals surface area contributed by atoms with E-state index in [1.807, 2.05) is 0 Å². The second-order valence-corrected chi connectivity index (χ2v) is 5.12. The van der Waals surface area contributed by atoms with Crippen LogP contribution in [-0.2, 0) is 0 Å². The van der Waals surface area contributed by atoms with Gasteiger partial charge in [0.1, 0.15) is 0 Å². The molecule has 0 saturated heterocycles. The molecule has 1 aromatic carbocycles. The SMILES string of the molecule is [2H]C(C)(CC(C)(C)C([2H])([2H])[2H])C(=O)c1cccc(Cl)c1. The van der Waals surface area contributed by atoms with Gasteiger partial charge in [-0.05, 0) is 24.0 Å². The molecule has 0 spiro atoms. The predicted octanol–water partition coefficient (Wildman–Crippen LogP) is 4.60. The third-order valence-electron chi connectivity index (χ3n) is 2.18. The highest BCUT2D eigenvalue weighted by Crippen LogP contribution is 2.26. The number of hydrogen-bond acceptors (Lipinski definition) is 1. The molecule has 1 rings (SSSR count). The third kappa shape index (κ3) is 3.97. The summed E-state index contributed by atoms with van der Waals surface area (Å²) in [6.07, 6.45) is -0.0537. The van der Waals surface area contributed by atoms with Crippen LogP contribution in [0.3, 0.4) is 0 Å². The standard InChI is InChI=1S/C14H19ClO/c1-10(9-14(2,3)4)13(16)11-6-5-7-12(15)8-11/h5-8,10H,9H2,1-4H3/i2D3,10D. The molecule has 2 heteroatoms. The van der Waals surface area contributed by atoms with E-state index in [0.717, 1.165) is 0 Å². The van der Waals surface area contributed by atoms with Gasteiger partial charge in [-0.1, -0.05) is 51.4 Å². The molecule has 0 amide bonds. The molecule has 1 nitrogen and oxygen atoms in total. The molecule has 1 unspecified atom stereocenters. The minimum atomic E-state index is -2.22. The molecule has 0 radical (unpaired) electrons. The fraction of sp³-hybridized carbons (Fsp3) is 0.500. The van der Waals surface area contributed by atoms with Crippen LogP contribution in [0.15, 0.2) is 24.3 Å². The van der Waals surface area contributed by atoms with Gasteiger partial charge in [0, 0.05) is 22.0 Å². The summed E-state index contributed by atoms with van der Waals surface area (Å²) in [5, 5.41) is 0.418. The largest absolute Gasteiger partial charge is 0.294 e. The zero-order chi connectivity index (χ0) is 15.8. The number of benzene rings is 1. The molecule has 0 N–H and O–H groups in total. The van der Waals surface area contributed by atoms with Crippen molar-refractivity contribution in [3.63, 3.8) is 0 Å².